The molecule has 1 aromatic carbocycles. The van der Waals surface area contributed by atoms with Gasteiger partial charge in [0.1, 0.15) is 12.4 Å². The molecule has 1 aliphatic rings. The van der Waals surface area contributed by atoms with Crippen molar-refractivity contribution in [3.63, 3.8) is 0 Å². The van der Waals surface area contributed by atoms with Crippen molar-refractivity contribution in [3.8, 4) is 5.75 Å². The van der Waals surface area contributed by atoms with Crippen LogP contribution in [0, 0.1) is 19.8 Å². The summed E-state index contributed by atoms with van der Waals surface area (Å²) < 4.78 is 5.88. The summed E-state index contributed by atoms with van der Waals surface area (Å²) in [7, 11) is 2.02. The lowest BCUT2D eigenvalue weighted by molar-refractivity contribution is 0.255. The first-order valence-corrected chi connectivity index (χ1v) is 6.08. The van der Waals surface area contributed by atoms with E-state index in [1.165, 1.54) is 24.0 Å². The zero-order chi connectivity index (χ0) is 11.5. The number of aryl methyl sites for hydroxylation is 2. The second-order valence-corrected chi connectivity index (χ2v) is 4.81. The highest BCUT2D eigenvalue weighted by Crippen LogP contribution is 2.33. The lowest BCUT2D eigenvalue weighted by atomic mass is 10.1. The van der Waals surface area contributed by atoms with Crippen LogP contribution in [0.25, 0.3) is 0 Å². The predicted molar refractivity (Wildman–Crippen MR) is 67.0 cm³/mol. The highest BCUT2D eigenvalue weighted by Gasteiger charge is 2.30. The SMILES string of the molecule is CNC(COc1ccc(C)cc1C)C1CC1. The monoisotopic (exact) mass is 219 g/mol. The van der Waals surface area contributed by atoms with E-state index >= 15 is 0 Å². The predicted octanol–water partition coefficient (Wildman–Crippen LogP) is 2.68. The van der Waals surface area contributed by atoms with Crippen molar-refractivity contribution in [2.24, 2.45) is 5.92 Å². The fourth-order valence-corrected chi connectivity index (χ4v) is 2.09. The molecule has 1 N–H and O–H groups in total. The molecule has 0 spiro atoms. The first-order valence-electron chi connectivity index (χ1n) is 6.08. The van der Waals surface area contributed by atoms with Crippen molar-refractivity contribution in [2.75, 3.05) is 13.7 Å². The van der Waals surface area contributed by atoms with Crippen LogP contribution in [0.15, 0.2) is 18.2 Å². The summed E-state index contributed by atoms with van der Waals surface area (Å²) in [6.07, 6.45) is 2.70. The zero-order valence-corrected chi connectivity index (χ0v) is 10.4. The number of benzene rings is 1. The fourth-order valence-electron chi connectivity index (χ4n) is 2.09. The number of likely N-dealkylation sites (N-methyl/N-ethyl adjacent to an activating group) is 1. The van der Waals surface area contributed by atoms with Gasteiger partial charge in [0.2, 0.25) is 0 Å². The van der Waals surface area contributed by atoms with E-state index in [4.69, 9.17) is 4.74 Å². The minimum Gasteiger partial charge on any atom is -0.492 e. The Kier molecular flexibility index (Phi) is 3.49. The molecule has 88 valence electrons. The standard InChI is InChI=1S/C14H21NO/c1-10-4-7-14(11(2)8-10)16-9-13(15-3)12-5-6-12/h4,7-8,12-13,15H,5-6,9H2,1-3H3. The highest BCUT2D eigenvalue weighted by atomic mass is 16.5. The third-order valence-electron chi connectivity index (χ3n) is 3.31. The second-order valence-electron chi connectivity index (χ2n) is 4.81. The first kappa shape index (κ1) is 11.5. The normalized spacial score (nSPS) is 17.2. The maximum absolute atomic E-state index is 5.88. The Morgan fingerprint density at radius 3 is 2.69 bits per heavy atom. The molecular formula is C14H21NO. The molecule has 1 aromatic rings. The summed E-state index contributed by atoms with van der Waals surface area (Å²) in [4.78, 5) is 0. The molecule has 0 amide bonds. The molecule has 1 atom stereocenters. The van der Waals surface area contributed by atoms with Gasteiger partial charge < -0.3 is 10.1 Å². The Morgan fingerprint density at radius 2 is 2.12 bits per heavy atom. The van der Waals surface area contributed by atoms with Gasteiger partial charge in [-0.3, -0.25) is 0 Å². The van der Waals surface area contributed by atoms with Crippen LogP contribution in [0.2, 0.25) is 0 Å². The number of nitrogens with one attached hydrogen (secondary N) is 1. The van der Waals surface area contributed by atoms with Gasteiger partial charge >= 0.3 is 0 Å². The molecule has 1 aliphatic carbocycles. The lowest BCUT2D eigenvalue weighted by Gasteiger charge is -2.17. The van der Waals surface area contributed by atoms with Crippen molar-refractivity contribution < 1.29 is 4.74 Å². The van der Waals surface area contributed by atoms with E-state index in [1.807, 2.05) is 7.05 Å². The molecular weight excluding hydrogens is 198 g/mol. The van der Waals surface area contributed by atoms with Crippen LogP contribution in [-0.4, -0.2) is 19.7 Å². The Morgan fingerprint density at radius 1 is 1.38 bits per heavy atom. The molecule has 0 bridgehead atoms. The highest BCUT2D eigenvalue weighted by molar-refractivity contribution is 5.35. The minimum atomic E-state index is 0.515. The second kappa shape index (κ2) is 4.88. The van der Waals surface area contributed by atoms with Gasteiger partial charge in [-0.1, -0.05) is 17.7 Å². The molecule has 0 heterocycles. The Bertz CT molecular complexity index is 358. The van der Waals surface area contributed by atoms with Gasteiger partial charge in [0.05, 0.1) is 0 Å². The van der Waals surface area contributed by atoms with Gasteiger partial charge in [-0.2, -0.15) is 0 Å². The van der Waals surface area contributed by atoms with E-state index in [2.05, 4.69) is 37.4 Å². The summed E-state index contributed by atoms with van der Waals surface area (Å²) in [6.45, 7) is 5.00. The topological polar surface area (TPSA) is 21.3 Å². The van der Waals surface area contributed by atoms with Crippen LogP contribution >= 0.6 is 0 Å². The van der Waals surface area contributed by atoms with Crippen LogP contribution in [0.1, 0.15) is 24.0 Å². The zero-order valence-electron chi connectivity index (χ0n) is 10.4. The van der Waals surface area contributed by atoms with Crippen molar-refractivity contribution >= 4 is 0 Å². The number of ether oxygens (including phenoxy) is 1. The molecule has 16 heavy (non-hydrogen) atoms. The van der Waals surface area contributed by atoms with Gasteiger partial charge in [-0.05, 0) is 51.3 Å². The number of rotatable bonds is 5. The van der Waals surface area contributed by atoms with Crippen molar-refractivity contribution in [3.05, 3.63) is 29.3 Å². The molecule has 0 saturated heterocycles. The largest absolute Gasteiger partial charge is 0.492 e. The molecule has 0 radical (unpaired) electrons. The summed E-state index contributed by atoms with van der Waals surface area (Å²) in [5.41, 5.74) is 2.52. The van der Waals surface area contributed by atoms with E-state index in [1.54, 1.807) is 0 Å². The van der Waals surface area contributed by atoms with Crippen LogP contribution < -0.4 is 10.1 Å². The summed E-state index contributed by atoms with van der Waals surface area (Å²) >= 11 is 0. The average molecular weight is 219 g/mol. The van der Waals surface area contributed by atoms with Gasteiger partial charge in [-0.25, -0.2) is 0 Å². The van der Waals surface area contributed by atoms with Gasteiger partial charge in [0.15, 0.2) is 0 Å². The number of hydrogen-bond acceptors (Lipinski definition) is 2. The molecule has 0 aliphatic heterocycles. The third-order valence-corrected chi connectivity index (χ3v) is 3.31. The lowest BCUT2D eigenvalue weighted by Crippen LogP contribution is -2.33. The van der Waals surface area contributed by atoms with E-state index in [9.17, 15) is 0 Å². The molecule has 1 saturated carbocycles. The molecule has 1 unspecified atom stereocenters. The van der Waals surface area contributed by atoms with Crippen LogP contribution in [0.4, 0.5) is 0 Å². The fraction of sp³-hybridized carbons (Fsp3) is 0.571. The Labute approximate surface area is 98.0 Å². The van der Waals surface area contributed by atoms with Crippen LogP contribution in [-0.2, 0) is 0 Å². The maximum Gasteiger partial charge on any atom is 0.122 e. The van der Waals surface area contributed by atoms with Gasteiger partial charge in [0.25, 0.3) is 0 Å². The van der Waals surface area contributed by atoms with E-state index in [0.29, 0.717) is 6.04 Å². The quantitative estimate of drug-likeness (QED) is 0.822. The molecule has 1 fully saturated rings. The molecule has 2 rings (SSSR count). The maximum atomic E-state index is 5.88. The van der Waals surface area contributed by atoms with Crippen LogP contribution in [0.5, 0.6) is 5.75 Å². The van der Waals surface area contributed by atoms with E-state index in [0.717, 1.165) is 18.3 Å². The Hall–Kier alpha value is -1.02. The summed E-state index contributed by atoms with van der Waals surface area (Å²) in [5, 5.41) is 3.34. The summed E-state index contributed by atoms with van der Waals surface area (Å²) in [6, 6.07) is 6.86. The summed E-state index contributed by atoms with van der Waals surface area (Å²) in [5.74, 6) is 1.85. The number of hydrogen-bond donors (Lipinski definition) is 1. The van der Waals surface area contributed by atoms with E-state index < -0.39 is 0 Å². The average Bonchev–Trinajstić information content (AvgIpc) is 3.06. The van der Waals surface area contributed by atoms with Gasteiger partial charge in [0, 0.05) is 6.04 Å². The van der Waals surface area contributed by atoms with Gasteiger partial charge in [-0.15, -0.1) is 0 Å². The molecule has 2 nitrogen and oxygen atoms in total. The first-order chi connectivity index (χ1) is 7.70. The van der Waals surface area contributed by atoms with Crippen LogP contribution in [0.3, 0.4) is 0 Å². The van der Waals surface area contributed by atoms with E-state index in [-0.39, 0.29) is 0 Å². The minimum absolute atomic E-state index is 0.515. The third kappa shape index (κ3) is 2.76. The van der Waals surface area contributed by atoms with Crippen molar-refractivity contribution in [1.29, 1.82) is 0 Å². The van der Waals surface area contributed by atoms with Crippen molar-refractivity contribution in [2.45, 2.75) is 32.7 Å². The smallest absolute Gasteiger partial charge is 0.122 e. The molecule has 0 aromatic heterocycles. The Balaban J connectivity index is 1.92. The van der Waals surface area contributed by atoms with Crippen molar-refractivity contribution in [1.82, 2.24) is 5.32 Å². The molecule has 2 heteroatoms.